The number of benzene rings is 1. The normalized spacial score (nSPS) is 13.9. The van der Waals surface area contributed by atoms with E-state index in [2.05, 4.69) is 0 Å². The van der Waals surface area contributed by atoms with Gasteiger partial charge in [-0.15, -0.1) is 11.6 Å². The third-order valence-corrected chi connectivity index (χ3v) is 3.58. The van der Waals surface area contributed by atoms with Crippen molar-refractivity contribution in [1.82, 2.24) is 4.90 Å². The molecule has 0 unspecified atom stereocenters. The quantitative estimate of drug-likeness (QED) is 0.784. The van der Waals surface area contributed by atoms with E-state index in [1.54, 1.807) is 25.3 Å². The van der Waals surface area contributed by atoms with Gasteiger partial charge in [-0.3, -0.25) is 4.79 Å². The molecular formula is C15H18ClNO3. The molecule has 2 rings (SSSR count). The van der Waals surface area contributed by atoms with E-state index in [9.17, 15) is 4.79 Å². The van der Waals surface area contributed by atoms with Crippen molar-refractivity contribution >= 4 is 23.6 Å². The monoisotopic (exact) mass is 295 g/mol. The first kappa shape index (κ1) is 14.7. The van der Waals surface area contributed by atoms with Crippen molar-refractivity contribution in [3.8, 4) is 11.5 Å². The largest absolute Gasteiger partial charge is 0.496 e. The lowest BCUT2D eigenvalue weighted by Gasteiger charge is -2.16. The van der Waals surface area contributed by atoms with Crippen molar-refractivity contribution in [2.75, 3.05) is 26.6 Å². The van der Waals surface area contributed by atoms with Gasteiger partial charge in [-0.1, -0.05) is 0 Å². The third kappa shape index (κ3) is 2.90. The van der Waals surface area contributed by atoms with E-state index >= 15 is 0 Å². The van der Waals surface area contributed by atoms with Gasteiger partial charge in [-0.25, -0.2) is 0 Å². The van der Waals surface area contributed by atoms with Crippen LogP contribution < -0.4 is 9.47 Å². The van der Waals surface area contributed by atoms with Gasteiger partial charge in [-0.05, 0) is 24.6 Å². The molecule has 0 aliphatic carbocycles. The van der Waals surface area contributed by atoms with Gasteiger partial charge in [0.25, 0.3) is 0 Å². The molecule has 0 aromatic heterocycles. The van der Waals surface area contributed by atoms with Gasteiger partial charge in [0.2, 0.25) is 5.91 Å². The van der Waals surface area contributed by atoms with Crippen molar-refractivity contribution in [2.24, 2.45) is 0 Å². The number of halogens is 1. The molecule has 0 N–H and O–H groups in total. The van der Waals surface area contributed by atoms with E-state index in [1.165, 1.54) is 0 Å². The van der Waals surface area contributed by atoms with Crippen LogP contribution in [0.15, 0.2) is 18.3 Å². The van der Waals surface area contributed by atoms with Crippen molar-refractivity contribution in [1.29, 1.82) is 0 Å². The lowest BCUT2D eigenvalue weighted by atomic mass is 10.0. The van der Waals surface area contributed by atoms with Crippen LogP contribution in [0.1, 0.15) is 17.5 Å². The van der Waals surface area contributed by atoms with E-state index < -0.39 is 0 Å². The number of amides is 1. The fourth-order valence-electron chi connectivity index (χ4n) is 2.29. The van der Waals surface area contributed by atoms with E-state index in [0.29, 0.717) is 24.6 Å². The zero-order valence-corrected chi connectivity index (χ0v) is 12.4. The molecule has 0 fully saturated rings. The molecule has 1 heterocycles. The van der Waals surface area contributed by atoms with Crippen LogP contribution in [0.3, 0.4) is 0 Å². The Morgan fingerprint density at radius 3 is 2.60 bits per heavy atom. The molecule has 5 heteroatoms. The van der Waals surface area contributed by atoms with Gasteiger partial charge in [0.15, 0.2) is 0 Å². The molecule has 0 bridgehead atoms. The fourth-order valence-corrected chi connectivity index (χ4v) is 2.41. The zero-order chi connectivity index (χ0) is 14.5. The summed E-state index contributed by atoms with van der Waals surface area (Å²) >= 11 is 5.69. The van der Waals surface area contributed by atoms with E-state index in [4.69, 9.17) is 21.1 Å². The van der Waals surface area contributed by atoms with Crippen LogP contribution in [0, 0.1) is 0 Å². The van der Waals surface area contributed by atoms with Crippen LogP contribution in [0.25, 0.3) is 6.08 Å². The number of methoxy groups -OCH3 is 2. The highest BCUT2D eigenvalue weighted by Gasteiger charge is 2.22. The molecule has 0 spiro atoms. The molecule has 1 aliphatic rings. The second-order valence-corrected chi connectivity index (χ2v) is 4.86. The zero-order valence-electron chi connectivity index (χ0n) is 11.7. The third-order valence-electron chi connectivity index (χ3n) is 3.32. The molecule has 108 valence electrons. The predicted molar refractivity (Wildman–Crippen MR) is 79.3 cm³/mol. The van der Waals surface area contributed by atoms with Gasteiger partial charge in [0.1, 0.15) is 11.5 Å². The first-order valence-electron chi connectivity index (χ1n) is 6.48. The highest BCUT2D eigenvalue weighted by molar-refractivity contribution is 6.17. The van der Waals surface area contributed by atoms with Crippen LogP contribution in [0.4, 0.5) is 0 Å². The van der Waals surface area contributed by atoms with Gasteiger partial charge in [0.05, 0.1) is 20.6 Å². The number of hydrogen-bond acceptors (Lipinski definition) is 3. The van der Waals surface area contributed by atoms with Crippen LogP contribution in [-0.2, 0) is 11.2 Å². The number of ether oxygens (including phenoxy) is 2. The summed E-state index contributed by atoms with van der Waals surface area (Å²) in [6.07, 6.45) is 4.76. The average molecular weight is 296 g/mol. The van der Waals surface area contributed by atoms with E-state index in [-0.39, 0.29) is 5.91 Å². The predicted octanol–water partition coefficient (Wildman–Crippen LogP) is 2.69. The summed E-state index contributed by atoms with van der Waals surface area (Å²) in [6, 6.07) is 3.67. The molecule has 4 nitrogen and oxygen atoms in total. The van der Waals surface area contributed by atoms with Crippen molar-refractivity contribution in [3.05, 3.63) is 29.5 Å². The lowest BCUT2D eigenvalue weighted by Crippen LogP contribution is -2.27. The maximum atomic E-state index is 12.3. The van der Waals surface area contributed by atoms with Crippen molar-refractivity contribution < 1.29 is 14.3 Å². The Labute approximate surface area is 123 Å². The molecule has 1 aromatic carbocycles. The maximum Gasteiger partial charge on any atom is 0.231 e. The molecule has 0 atom stereocenters. The van der Waals surface area contributed by atoms with Gasteiger partial charge >= 0.3 is 0 Å². The van der Waals surface area contributed by atoms with Crippen molar-refractivity contribution in [2.45, 2.75) is 12.8 Å². The summed E-state index contributed by atoms with van der Waals surface area (Å²) < 4.78 is 10.7. The number of hydrogen-bond donors (Lipinski definition) is 0. The number of rotatable bonds is 5. The minimum absolute atomic E-state index is 0.0386. The molecule has 0 radical (unpaired) electrons. The Hall–Kier alpha value is -1.68. The first-order chi connectivity index (χ1) is 9.71. The number of fused-ring (bicyclic) bond motifs is 1. The van der Waals surface area contributed by atoms with Crippen LogP contribution >= 0.6 is 11.6 Å². The van der Waals surface area contributed by atoms with E-state index in [1.807, 2.05) is 18.2 Å². The summed E-state index contributed by atoms with van der Waals surface area (Å²) in [5.41, 5.74) is 1.76. The molecular weight excluding hydrogens is 278 g/mol. The number of alkyl halides is 1. The van der Waals surface area contributed by atoms with Gasteiger partial charge in [-0.2, -0.15) is 0 Å². The second-order valence-electron chi connectivity index (χ2n) is 4.48. The Morgan fingerprint density at radius 1 is 1.25 bits per heavy atom. The Balaban J connectivity index is 2.39. The SMILES string of the molecule is COc1ccc(OC)c2c1C=CN(CCCCl)C(=O)C2. The van der Waals surface area contributed by atoms with Gasteiger partial charge in [0, 0.05) is 29.8 Å². The van der Waals surface area contributed by atoms with E-state index in [0.717, 1.165) is 23.3 Å². The summed E-state index contributed by atoms with van der Waals surface area (Å²) in [5.74, 6) is 2.02. The molecule has 0 saturated carbocycles. The van der Waals surface area contributed by atoms with Crippen LogP contribution in [0.5, 0.6) is 11.5 Å². The number of carbonyl (C=O) groups excluding carboxylic acids is 1. The summed E-state index contributed by atoms with van der Waals surface area (Å²) in [4.78, 5) is 14.0. The molecule has 1 aliphatic heterocycles. The number of nitrogens with zero attached hydrogens (tertiary/aromatic N) is 1. The maximum absolute atomic E-state index is 12.3. The van der Waals surface area contributed by atoms with Gasteiger partial charge < -0.3 is 14.4 Å². The lowest BCUT2D eigenvalue weighted by molar-refractivity contribution is -0.127. The molecule has 0 saturated heterocycles. The molecule has 1 aromatic rings. The smallest absolute Gasteiger partial charge is 0.231 e. The van der Waals surface area contributed by atoms with Crippen LogP contribution in [-0.4, -0.2) is 37.5 Å². The highest BCUT2D eigenvalue weighted by Crippen LogP contribution is 2.33. The first-order valence-corrected chi connectivity index (χ1v) is 7.02. The fraction of sp³-hybridized carbons (Fsp3) is 0.400. The Morgan fingerprint density at radius 2 is 1.95 bits per heavy atom. The minimum atomic E-state index is 0.0386. The Kier molecular flexibility index (Phi) is 4.90. The molecule has 1 amide bonds. The average Bonchev–Trinajstić information content (AvgIpc) is 2.63. The van der Waals surface area contributed by atoms with Crippen molar-refractivity contribution in [3.63, 3.8) is 0 Å². The summed E-state index contributed by atoms with van der Waals surface area (Å²) in [6.45, 7) is 0.622. The Bertz CT molecular complexity index is 528. The highest BCUT2D eigenvalue weighted by atomic mass is 35.5. The standard InChI is InChI=1S/C15H18ClNO3/c1-19-13-4-5-14(20-2)12-10-15(18)17(8-3-7-16)9-6-11(12)13/h4-6,9H,3,7-8,10H2,1-2H3. The summed E-state index contributed by atoms with van der Waals surface area (Å²) in [7, 11) is 3.22. The van der Waals surface area contributed by atoms with Crippen LogP contribution in [0.2, 0.25) is 0 Å². The second kappa shape index (κ2) is 6.66. The topological polar surface area (TPSA) is 38.8 Å². The molecule has 20 heavy (non-hydrogen) atoms. The minimum Gasteiger partial charge on any atom is -0.496 e. The summed E-state index contributed by atoms with van der Waals surface area (Å²) in [5, 5.41) is 0. The number of carbonyl (C=O) groups is 1.